The molecule has 2 aromatic rings. The molecule has 0 spiro atoms. The highest BCUT2D eigenvalue weighted by molar-refractivity contribution is 5.57. The number of β-amino-alcohol motifs (C(OH)–C–C–N with tert-alkyl or cyclic N) is 1. The summed E-state index contributed by atoms with van der Waals surface area (Å²) < 4.78 is 25.0. The first-order chi connectivity index (χ1) is 11.9. The van der Waals surface area contributed by atoms with E-state index < -0.39 is 11.4 Å². The molecular formula is C19H25FN2O3. The van der Waals surface area contributed by atoms with Crippen LogP contribution in [-0.4, -0.2) is 40.8 Å². The molecule has 0 aliphatic carbocycles. The van der Waals surface area contributed by atoms with Gasteiger partial charge < -0.3 is 14.3 Å². The first-order valence-corrected chi connectivity index (χ1v) is 8.69. The third-order valence-electron chi connectivity index (χ3n) is 4.96. The van der Waals surface area contributed by atoms with Gasteiger partial charge in [0.05, 0.1) is 24.0 Å². The number of benzene rings is 1. The minimum atomic E-state index is -0.627. The number of nitrogens with zero attached hydrogens (tertiary/aromatic N) is 2. The summed E-state index contributed by atoms with van der Waals surface area (Å²) in [6.07, 6.45) is 2.53. The number of aryl methyl sites for hydroxylation is 1. The van der Waals surface area contributed by atoms with Crippen LogP contribution in [-0.2, 0) is 6.54 Å². The van der Waals surface area contributed by atoms with Crippen molar-refractivity contribution in [2.24, 2.45) is 0 Å². The SMILES string of the molecule is CC[C@@]1(O)CCCN(Cc2nc(-c3cc(OC)ccc3F)oc2C)C1. The molecule has 0 radical (unpaired) electrons. The fourth-order valence-corrected chi connectivity index (χ4v) is 3.33. The maximum absolute atomic E-state index is 14.1. The summed E-state index contributed by atoms with van der Waals surface area (Å²) in [5.41, 5.74) is 0.437. The number of piperidine rings is 1. The van der Waals surface area contributed by atoms with E-state index in [4.69, 9.17) is 9.15 Å². The van der Waals surface area contributed by atoms with E-state index in [1.807, 2.05) is 13.8 Å². The molecule has 6 heteroatoms. The number of hydrogen-bond acceptors (Lipinski definition) is 5. The maximum Gasteiger partial charge on any atom is 0.229 e. The molecule has 25 heavy (non-hydrogen) atoms. The third kappa shape index (κ3) is 3.85. The highest BCUT2D eigenvalue weighted by Gasteiger charge is 2.32. The van der Waals surface area contributed by atoms with Crippen molar-refractivity contribution in [3.8, 4) is 17.2 Å². The Morgan fingerprint density at radius 2 is 2.24 bits per heavy atom. The average molecular weight is 348 g/mol. The van der Waals surface area contributed by atoms with Crippen molar-refractivity contribution >= 4 is 0 Å². The van der Waals surface area contributed by atoms with Gasteiger partial charge in [-0.3, -0.25) is 4.90 Å². The number of hydrogen-bond donors (Lipinski definition) is 1. The normalized spacial score (nSPS) is 21.5. The Morgan fingerprint density at radius 3 is 2.96 bits per heavy atom. The number of likely N-dealkylation sites (tertiary alicyclic amines) is 1. The van der Waals surface area contributed by atoms with Crippen molar-refractivity contribution in [1.82, 2.24) is 9.88 Å². The fraction of sp³-hybridized carbons (Fsp3) is 0.526. The van der Waals surface area contributed by atoms with Gasteiger partial charge in [0.2, 0.25) is 5.89 Å². The first-order valence-electron chi connectivity index (χ1n) is 8.69. The zero-order valence-corrected chi connectivity index (χ0v) is 15.0. The quantitative estimate of drug-likeness (QED) is 0.896. The van der Waals surface area contributed by atoms with Crippen LogP contribution in [0, 0.1) is 12.7 Å². The van der Waals surface area contributed by atoms with Gasteiger partial charge in [-0.25, -0.2) is 9.37 Å². The molecule has 1 atom stereocenters. The number of aromatic nitrogens is 1. The molecule has 1 saturated heterocycles. The van der Waals surface area contributed by atoms with Crippen molar-refractivity contribution in [3.05, 3.63) is 35.5 Å². The summed E-state index contributed by atoms with van der Waals surface area (Å²) in [7, 11) is 1.54. The first kappa shape index (κ1) is 17.9. The number of aliphatic hydroxyl groups is 1. The van der Waals surface area contributed by atoms with Crippen LogP contribution in [0.4, 0.5) is 4.39 Å². The molecule has 1 aromatic carbocycles. The zero-order chi connectivity index (χ0) is 18.0. The van der Waals surface area contributed by atoms with Gasteiger partial charge in [-0.2, -0.15) is 0 Å². The van der Waals surface area contributed by atoms with E-state index in [1.54, 1.807) is 12.1 Å². The number of methoxy groups -OCH3 is 1. The zero-order valence-electron chi connectivity index (χ0n) is 15.0. The molecule has 1 fully saturated rings. The van der Waals surface area contributed by atoms with E-state index in [2.05, 4.69) is 9.88 Å². The maximum atomic E-state index is 14.1. The Balaban J connectivity index is 1.81. The van der Waals surface area contributed by atoms with Gasteiger partial charge >= 0.3 is 0 Å². The van der Waals surface area contributed by atoms with Crippen molar-refractivity contribution < 1.29 is 18.7 Å². The summed E-state index contributed by atoms with van der Waals surface area (Å²) >= 11 is 0. The molecule has 2 heterocycles. The summed E-state index contributed by atoms with van der Waals surface area (Å²) in [6.45, 7) is 5.97. The lowest BCUT2D eigenvalue weighted by Gasteiger charge is -2.38. The molecule has 1 N–H and O–H groups in total. The monoisotopic (exact) mass is 348 g/mol. The van der Waals surface area contributed by atoms with Crippen molar-refractivity contribution in [1.29, 1.82) is 0 Å². The van der Waals surface area contributed by atoms with Gasteiger partial charge in [0.25, 0.3) is 0 Å². The highest BCUT2D eigenvalue weighted by atomic mass is 19.1. The van der Waals surface area contributed by atoms with E-state index in [0.717, 1.165) is 31.5 Å². The molecule has 3 rings (SSSR count). The van der Waals surface area contributed by atoms with Crippen LogP contribution in [0.5, 0.6) is 5.75 Å². The van der Waals surface area contributed by atoms with E-state index in [-0.39, 0.29) is 11.5 Å². The lowest BCUT2D eigenvalue weighted by Crippen LogP contribution is -2.47. The Morgan fingerprint density at radius 1 is 1.44 bits per heavy atom. The van der Waals surface area contributed by atoms with Crippen LogP contribution in [0.15, 0.2) is 22.6 Å². The van der Waals surface area contributed by atoms with Crippen LogP contribution in [0.25, 0.3) is 11.5 Å². The van der Waals surface area contributed by atoms with Gasteiger partial charge in [-0.1, -0.05) is 6.92 Å². The van der Waals surface area contributed by atoms with E-state index in [1.165, 1.54) is 13.2 Å². The molecule has 1 aliphatic rings. The van der Waals surface area contributed by atoms with E-state index in [0.29, 0.717) is 24.6 Å². The highest BCUT2D eigenvalue weighted by Crippen LogP contribution is 2.30. The van der Waals surface area contributed by atoms with E-state index >= 15 is 0 Å². The van der Waals surface area contributed by atoms with Crippen molar-refractivity contribution in [2.75, 3.05) is 20.2 Å². The Labute approximate surface area is 147 Å². The second-order valence-corrected chi connectivity index (χ2v) is 6.76. The van der Waals surface area contributed by atoms with Crippen LogP contribution >= 0.6 is 0 Å². The van der Waals surface area contributed by atoms with Crippen molar-refractivity contribution in [3.63, 3.8) is 0 Å². The Hall–Kier alpha value is -1.92. The smallest absolute Gasteiger partial charge is 0.229 e. The van der Waals surface area contributed by atoms with Gasteiger partial charge in [0.1, 0.15) is 17.3 Å². The lowest BCUT2D eigenvalue weighted by molar-refractivity contribution is -0.0361. The number of rotatable bonds is 5. The molecule has 0 unspecified atom stereocenters. The molecule has 1 aliphatic heterocycles. The van der Waals surface area contributed by atoms with Crippen LogP contribution in [0.1, 0.15) is 37.6 Å². The predicted molar refractivity (Wildman–Crippen MR) is 92.9 cm³/mol. The van der Waals surface area contributed by atoms with Gasteiger partial charge in [0, 0.05) is 13.1 Å². The number of ether oxygens (including phenoxy) is 1. The summed E-state index contributed by atoms with van der Waals surface area (Å²) in [5, 5.41) is 10.5. The molecule has 0 bridgehead atoms. The second-order valence-electron chi connectivity index (χ2n) is 6.76. The topological polar surface area (TPSA) is 58.7 Å². The number of halogens is 1. The van der Waals surface area contributed by atoms with Gasteiger partial charge in [0.15, 0.2) is 0 Å². The summed E-state index contributed by atoms with van der Waals surface area (Å²) in [4.78, 5) is 6.68. The summed E-state index contributed by atoms with van der Waals surface area (Å²) in [6, 6.07) is 4.50. The average Bonchev–Trinajstić information content (AvgIpc) is 2.96. The number of oxazole rings is 1. The van der Waals surface area contributed by atoms with Gasteiger partial charge in [-0.15, -0.1) is 0 Å². The molecule has 0 amide bonds. The largest absolute Gasteiger partial charge is 0.497 e. The lowest BCUT2D eigenvalue weighted by atomic mass is 9.90. The Bertz CT molecular complexity index is 746. The molecule has 5 nitrogen and oxygen atoms in total. The fourth-order valence-electron chi connectivity index (χ4n) is 3.33. The summed E-state index contributed by atoms with van der Waals surface area (Å²) in [5.74, 6) is 1.08. The molecule has 0 saturated carbocycles. The molecule has 136 valence electrons. The van der Waals surface area contributed by atoms with E-state index in [9.17, 15) is 9.50 Å². The molecule has 1 aromatic heterocycles. The van der Waals surface area contributed by atoms with Crippen LogP contribution < -0.4 is 4.74 Å². The van der Waals surface area contributed by atoms with Crippen LogP contribution in [0.3, 0.4) is 0 Å². The van der Waals surface area contributed by atoms with Crippen molar-refractivity contribution in [2.45, 2.75) is 45.3 Å². The molecular weight excluding hydrogens is 323 g/mol. The van der Waals surface area contributed by atoms with Crippen LogP contribution in [0.2, 0.25) is 0 Å². The minimum absolute atomic E-state index is 0.256. The van der Waals surface area contributed by atoms with Gasteiger partial charge in [-0.05, 0) is 50.9 Å². The third-order valence-corrected chi connectivity index (χ3v) is 4.96. The standard InChI is InChI=1S/C19H25FN2O3/c1-4-19(23)8-5-9-22(12-19)11-17-13(2)25-18(21-17)15-10-14(24-3)6-7-16(15)20/h6-7,10,23H,4-5,8-9,11-12H2,1-3H3/t19-/m1/s1. The second kappa shape index (κ2) is 7.14. The Kier molecular flexibility index (Phi) is 5.11. The predicted octanol–water partition coefficient (Wildman–Crippen LogP) is 3.53. The minimum Gasteiger partial charge on any atom is -0.497 e.